The molecule has 0 spiro atoms. The fraction of sp³-hybridized carbons (Fsp3) is 0.500. The molecule has 0 amide bonds. The van der Waals surface area contributed by atoms with E-state index < -0.39 is 11.7 Å². The molecule has 2 aromatic rings. The van der Waals surface area contributed by atoms with E-state index in [1.165, 1.54) is 6.07 Å². The Morgan fingerprint density at radius 1 is 1.06 bits per heavy atom. The number of ether oxygens (including phenoxy) is 1. The minimum absolute atomic E-state index is 0. The van der Waals surface area contributed by atoms with Gasteiger partial charge in [0.05, 0.1) is 31.6 Å². The first-order valence-corrected chi connectivity index (χ1v) is 10.5. The van der Waals surface area contributed by atoms with Gasteiger partial charge < -0.3 is 19.8 Å². The molecule has 0 atom stereocenters. The molecule has 1 fully saturated rings. The summed E-state index contributed by atoms with van der Waals surface area (Å²) < 4.78 is 49.5. The fourth-order valence-corrected chi connectivity index (χ4v) is 3.28. The summed E-state index contributed by atoms with van der Waals surface area (Å²) in [5.74, 6) is 1.43. The predicted octanol–water partition coefficient (Wildman–Crippen LogP) is 3.92. The molecule has 6 nitrogen and oxygen atoms in total. The maximum Gasteiger partial charge on any atom is 0.416 e. The quantitative estimate of drug-likeness (QED) is 0.209. The van der Waals surface area contributed by atoms with Crippen molar-refractivity contribution in [1.82, 2.24) is 15.5 Å². The number of nitrogens with one attached hydrogen (secondary N) is 2. The first-order chi connectivity index (χ1) is 15.0. The Morgan fingerprint density at radius 3 is 2.56 bits per heavy atom. The largest absolute Gasteiger partial charge is 0.469 e. The number of benzene rings is 1. The van der Waals surface area contributed by atoms with Gasteiger partial charge in [-0.3, -0.25) is 4.90 Å². The number of hydrogen-bond acceptors (Lipinski definition) is 4. The molecule has 0 radical (unpaired) electrons. The van der Waals surface area contributed by atoms with E-state index in [-0.39, 0.29) is 30.5 Å². The summed E-state index contributed by atoms with van der Waals surface area (Å²) in [5, 5.41) is 6.52. The monoisotopic (exact) mass is 566 g/mol. The van der Waals surface area contributed by atoms with E-state index in [0.717, 1.165) is 57.2 Å². The second-order valence-corrected chi connectivity index (χ2v) is 7.35. The molecule has 2 heterocycles. The van der Waals surface area contributed by atoms with E-state index in [9.17, 15) is 13.2 Å². The number of guanidine groups is 1. The number of hydrogen-bond donors (Lipinski definition) is 2. The molecular weight excluding hydrogens is 536 g/mol. The number of halogens is 4. The van der Waals surface area contributed by atoms with Gasteiger partial charge in [-0.05, 0) is 42.8 Å². The highest BCUT2D eigenvalue weighted by molar-refractivity contribution is 14.0. The standard InChI is InChI=1S/C22H29F3N4O2.HI/c23-22(24,25)19-5-1-4-18(16-19)17-28-21(27-9-7-20-6-2-13-31-20)26-8-3-10-29-11-14-30-15-12-29;/h1-2,4-6,13,16H,3,7-12,14-15,17H2,(H2,26,27,28);1H. The van der Waals surface area contributed by atoms with Crippen LogP contribution in [0.4, 0.5) is 13.2 Å². The van der Waals surface area contributed by atoms with Gasteiger partial charge in [0.1, 0.15) is 5.76 Å². The third kappa shape index (κ3) is 9.37. The van der Waals surface area contributed by atoms with Crippen molar-refractivity contribution in [2.24, 2.45) is 4.99 Å². The first-order valence-electron chi connectivity index (χ1n) is 10.5. The third-order valence-corrected chi connectivity index (χ3v) is 4.97. The summed E-state index contributed by atoms with van der Waals surface area (Å²) in [6, 6.07) is 9.01. The van der Waals surface area contributed by atoms with Crippen molar-refractivity contribution >= 4 is 29.9 Å². The first kappa shape index (κ1) is 26.5. The molecule has 0 aliphatic carbocycles. The molecule has 0 bridgehead atoms. The molecule has 1 aromatic heterocycles. The molecule has 0 unspecified atom stereocenters. The minimum atomic E-state index is -4.36. The Bertz CT molecular complexity index is 810. The lowest BCUT2D eigenvalue weighted by molar-refractivity contribution is -0.137. The summed E-state index contributed by atoms with van der Waals surface area (Å²) in [6.07, 6.45) is -1.11. The molecule has 1 aliphatic heterocycles. The summed E-state index contributed by atoms with van der Waals surface area (Å²) in [7, 11) is 0. The van der Waals surface area contributed by atoms with Crippen LogP contribution < -0.4 is 10.6 Å². The molecule has 32 heavy (non-hydrogen) atoms. The maximum absolute atomic E-state index is 12.9. The number of alkyl halides is 3. The van der Waals surface area contributed by atoms with Gasteiger partial charge in [-0.25, -0.2) is 4.99 Å². The number of nitrogens with zero attached hydrogens (tertiary/aromatic N) is 2. The predicted molar refractivity (Wildman–Crippen MR) is 128 cm³/mol. The van der Waals surface area contributed by atoms with Crippen LogP contribution in [0.2, 0.25) is 0 Å². The molecule has 1 aliphatic rings. The summed E-state index contributed by atoms with van der Waals surface area (Å²) in [6.45, 7) is 5.86. The van der Waals surface area contributed by atoms with Crippen LogP contribution >= 0.6 is 24.0 Å². The van der Waals surface area contributed by atoms with Gasteiger partial charge >= 0.3 is 6.18 Å². The second-order valence-electron chi connectivity index (χ2n) is 7.35. The van der Waals surface area contributed by atoms with E-state index in [2.05, 4.69) is 20.5 Å². The maximum atomic E-state index is 12.9. The lowest BCUT2D eigenvalue weighted by Gasteiger charge is -2.26. The molecule has 1 saturated heterocycles. The lowest BCUT2D eigenvalue weighted by atomic mass is 10.1. The normalized spacial score (nSPS) is 15.3. The fourth-order valence-electron chi connectivity index (χ4n) is 3.28. The molecule has 3 rings (SSSR count). The number of morpholine rings is 1. The number of aliphatic imine (C=N–C) groups is 1. The zero-order valence-corrected chi connectivity index (χ0v) is 20.2. The Kier molecular flexibility index (Phi) is 11.3. The highest BCUT2D eigenvalue weighted by Crippen LogP contribution is 2.29. The van der Waals surface area contributed by atoms with Crippen LogP contribution in [-0.4, -0.2) is 56.8 Å². The van der Waals surface area contributed by atoms with Gasteiger partial charge in [-0.2, -0.15) is 13.2 Å². The summed E-state index contributed by atoms with van der Waals surface area (Å²) >= 11 is 0. The van der Waals surface area contributed by atoms with Crippen molar-refractivity contribution in [3.63, 3.8) is 0 Å². The van der Waals surface area contributed by atoms with Crippen molar-refractivity contribution < 1.29 is 22.3 Å². The highest BCUT2D eigenvalue weighted by atomic mass is 127. The smallest absolute Gasteiger partial charge is 0.416 e. The molecule has 178 valence electrons. The SMILES string of the molecule is FC(F)(F)c1cccc(CN=C(NCCCN2CCOCC2)NCCc2ccco2)c1.I. The van der Waals surface area contributed by atoms with Crippen molar-refractivity contribution in [3.05, 3.63) is 59.5 Å². The Balaban J connectivity index is 0.00000363. The molecule has 10 heteroatoms. The van der Waals surface area contributed by atoms with Gasteiger partial charge in [-0.1, -0.05) is 12.1 Å². The van der Waals surface area contributed by atoms with E-state index in [1.54, 1.807) is 12.3 Å². The van der Waals surface area contributed by atoms with E-state index >= 15 is 0 Å². The van der Waals surface area contributed by atoms with Crippen molar-refractivity contribution in [1.29, 1.82) is 0 Å². The van der Waals surface area contributed by atoms with E-state index in [0.29, 0.717) is 31.0 Å². The van der Waals surface area contributed by atoms with Crippen molar-refractivity contribution in [2.75, 3.05) is 45.9 Å². The highest BCUT2D eigenvalue weighted by Gasteiger charge is 2.30. The zero-order valence-electron chi connectivity index (χ0n) is 17.9. The zero-order chi connectivity index (χ0) is 21.9. The van der Waals surface area contributed by atoms with Crippen LogP contribution in [0.15, 0.2) is 52.1 Å². The molecular formula is C22H30F3IN4O2. The van der Waals surface area contributed by atoms with Gasteiger partial charge in [0.25, 0.3) is 0 Å². The van der Waals surface area contributed by atoms with Crippen molar-refractivity contribution in [2.45, 2.75) is 25.6 Å². The van der Waals surface area contributed by atoms with Crippen LogP contribution in [0.3, 0.4) is 0 Å². The molecule has 1 aromatic carbocycles. The van der Waals surface area contributed by atoms with Crippen LogP contribution in [0.1, 0.15) is 23.3 Å². The summed E-state index contributed by atoms with van der Waals surface area (Å²) in [5.41, 5.74) is -0.152. The summed E-state index contributed by atoms with van der Waals surface area (Å²) in [4.78, 5) is 6.84. The number of rotatable bonds is 9. The van der Waals surface area contributed by atoms with Crippen molar-refractivity contribution in [3.8, 4) is 0 Å². The third-order valence-electron chi connectivity index (χ3n) is 4.97. The van der Waals surface area contributed by atoms with Crippen LogP contribution in [-0.2, 0) is 23.9 Å². The lowest BCUT2D eigenvalue weighted by Crippen LogP contribution is -2.41. The van der Waals surface area contributed by atoms with E-state index in [4.69, 9.17) is 9.15 Å². The average Bonchev–Trinajstić information content (AvgIpc) is 3.28. The van der Waals surface area contributed by atoms with Crippen LogP contribution in [0, 0.1) is 0 Å². The van der Waals surface area contributed by atoms with E-state index in [1.807, 2.05) is 12.1 Å². The Morgan fingerprint density at radius 2 is 1.84 bits per heavy atom. The Labute approximate surface area is 203 Å². The average molecular weight is 566 g/mol. The van der Waals surface area contributed by atoms with Crippen LogP contribution in [0.5, 0.6) is 0 Å². The molecule has 2 N–H and O–H groups in total. The topological polar surface area (TPSA) is 62.0 Å². The number of furan rings is 1. The second kappa shape index (κ2) is 13.7. The van der Waals surface area contributed by atoms with Gasteiger partial charge in [-0.15, -0.1) is 24.0 Å². The van der Waals surface area contributed by atoms with Gasteiger partial charge in [0.2, 0.25) is 0 Å². The minimum Gasteiger partial charge on any atom is -0.469 e. The Hall–Kier alpha value is -1.79. The van der Waals surface area contributed by atoms with Crippen LogP contribution in [0.25, 0.3) is 0 Å². The van der Waals surface area contributed by atoms with Gasteiger partial charge in [0, 0.05) is 32.6 Å². The van der Waals surface area contributed by atoms with Gasteiger partial charge in [0.15, 0.2) is 5.96 Å². The molecule has 0 saturated carbocycles.